The van der Waals surface area contributed by atoms with Gasteiger partial charge in [0.1, 0.15) is 0 Å². The summed E-state index contributed by atoms with van der Waals surface area (Å²) < 4.78 is 5.14. The molecule has 0 bridgehead atoms. The lowest BCUT2D eigenvalue weighted by Crippen LogP contribution is -2.38. The molecular formula is C10H11ClINO3S. The number of carbonyl (C=O) groups is 1. The molecule has 94 valence electrons. The third-order valence-corrected chi connectivity index (χ3v) is 3.24. The van der Waals surface area contributed by atoms with Crippen LogP contribution in [0, 0.1) is 0 Å². The second-order valence-corrected chi connectivity index (χ2v) is 5.20. The highest BCUT2D eigenvalue weighted by atomic mass is 127. The van der Waals surface area contributed by atoms with Gasteiger partial charge in [-0.1, -0.05) is 23.7 Å². The van der Waals surface area contributed by atoms with Crippen LogP contribution in [0.4, 0.5) is 4.79 Å². The standard InChI is InChI=1S/C10H11ClINO3S/c11-8-3-1-2-7(4-8)5-9(6-16-17-12)13-10(14)15/h1-4,9,13H,5-6H2,(H,14,15). The maximum absolute atomic E-state index is 10.6. The molecular weight excluding hydrogens is 377 g/mol. The van der Waals surface area contributed by atoms with Crippen LogP contribution >= 0.6 is 42.0 Å². The van der Waals surface area contributed by atoms with Crippen LogP contribution in [0.2, 0.25) is 5.02 Å². The van der Waals surface area contributed by atoms with E-state index in [9.17, 15) is 4.79 Å². The molecule has 0 saturated heterocycles. The van der Waals surface area contributed by atoms with Gasteiger partial charge in [-0.2, -0.15) is 0 Å². The van der Waals surface area contributed by atoms with Gasteiger partial charge in [-0.3, -0.25) is 0 Å². The minimum atomic E-state index is -1.06. The average molecular weight is 388 g/mol. The van der Waals surface area contributed by atoms with E-state index in [1.165, 1.54) is 9.21 Å². The zero-order chi connectivity index (χ0) is 12.7. The normalized spacial score (nSPS) is 12.1. The molecule has 17 heavy (non-hydrogen) atoms. The summed E-state index contributed by atoms with van der Waals surface area (Å²) in [7, 11) is 1.18. The molecule has 1 aromatic carbocycles. The van der Waals surface area contributed by atoms with Crippen molar-refractivity contribution in [2.45, 2.75) is 12.5 Å². The molecule has 0 aliphatic carbocycles. The Labute approximate surface area is 121 Å². The van der Waals surface area contributed by atoms with Crippen LogP contribution in [-0.2, 0) is 10.6 Å². The fraction of sp³-hybridized carbons (Fsp3) is 0.300. The van der Waals surface area contributed by atoms with Gasteiger partial charge < -0.3 is 14.6 Å². The van der Waals surface area contributed by atoms with Crippen molar-refractivity contribution in [1.29, 1.82) is 0 Å². The number of hydrogen-bond donors (Lipinski definition) is 2. The van der Waals surface area contributed by atoms with E-state index >= 15 is 0 Å². The SMILES string of the molecule is O=C(O)NC(COSI)Cc1cccc(Cl)c1. The van der Waals surface area contributed by atoms with Crippen LogP contribution in [0.3, 0.4) is 0 Å². The van der Waals surface area contributed by atoms with E-state index in [0.29, 0.717) is 18.1 Å². The van der Waals surface area contributed by atoms with E-state index in [0.717, 1.165) is 5.56 Å². The highest BCUT2D eigenvalue weighted by Crippen LogP contribution is 2.15. The Bertz CT molecular complexity index is 380. The number of carboxylic acid groups (broad SMARTS) is 1. The zero-order valence-corrected chi connectivity index (χ0v) is 12.5. The van der Waals surface area contributed by atoms with Crippen molar-refractivity contribution in [3.05, 3.63) is 34.9 Å². The van der Waals surface area contributed by atoms with Crippen molar-refractivity contribution in [3.63, 3.8) is 0 Å². The van der Waals surface area contributed by atoms with Crippen molar-refractivity contribution < 1.29 is 14.1 Å². The molecule has 0 aliphatic rings. The van der Waals surface area contributed by atoms with E-state index in [1.54, 1.807) is 6.07 Å². The zero-order valence-electron chi connectivity index (χ0n) is 8.73. The lowest BCUT2D eigenvalue weighted by molar-refractivity contribution is 0.184. The smallest absolute Gasteiger partial charge is 0.404 e. The highest BCUT2D eigenvalue weighted by Gasteiger charge is 2.13. The molecule has 1 atom stereocenters. The summed E-state index contributed by atoms with van der Waals surface area (Å²) in [5.74, 6) is 0. The van der Waals surface area contributed by atoms with Crippen LogP contribution < -0.4 is 5.32 Å². The Morgan fingerprint density at radius 1 is 1.65 bits per heavy atom. The molecule has 0 radical (unpaired) electrons. The molecule has 2 N–H and O–H groups in total. The molecule has 7 heteroatoms. The van der Waals surface area contributed by atoms with E-state index in [2.05, 4.69) is 5.32 Å². The number of hydrogen-bond acceptors (Lipinski definition) is 3. The first-order valence-electron chi connectivity index (χ1n) is 4.76. The number of rotatable bonds is 6. The lowest BCUT2D eigenvalue weighted by atomic mass is 10.1. The molecule has 1 rings (SSSR count). The maximum Gasteiger partial charge on any atom is 0.404 e. The first-order valence-corrected chi connectivity index (χ1v) is 8.42. The van der Waals surface area contributed by atoms with Crippen molar-refractivity contribution in [2.75, 3.05) is 6.61 Å². The number of amides is 1. The summed E-state index contributed by atoms with van der Waals surface area (Å²) >= 11 is 7.85. The summed E-state index contributed by atoms with van der Waals surface area (Å²) in [5, 5.41) is 11.8. The first kappa shape index (κ1) is 14.9. The molecule has 1 aromatic rings. The van der Waals surface area contributed by atoms with Gasteiger partial charge in [-0.15, -0.1) is 0 Å². The third kappa shape index (κ3) is 6.35. The van der Waals surface area contributed by atoms with Crippen LogP contribution in [-0.4, -0.2) is 23.8 Å². The van der Waals surface area contributed by atoms with Gasteiger partial charge in [-0.25, -0.2) is 4.79 Å². The van der Waals surface area contributed by atoms with Gasteiger partial charge in [-0.05, 0) is 24.1 Å². The molecule has 0 aromatic heterocycles. The molecule has 1 amide bonds. The molecule has 0 aliphatic heterocycles. The van der Waals surface area contributed by atoms with Crippen molar-refractivity contribution in [3.8, 4) is 0 Å². The average Bonchev–Trinajstić information content (AvgIpc) is 2.25. The molecule has 1 unspecified atom stereocenters. The van der Waals surface area contributed by atoms with Crippen molar-refractivity contribution in [1.82, 2.24) is 5.32 Å². The largest absolute Gasteiger partial charge is 0.465 e. The van der Waals surface area contributed by atoms with Gasteiger partial charge in [0, 0.05) is 26.2 Å². The maximum atomic E-state index is 10.6. The molecule has 0 fully saturated rings. The van der Waals surface area contributed by atoms with E-state index in [1.807, 2.05) is 39.4 Å². The summed E-state index contributed by atoms with van der Waals surface area (Å²) in [5.41, 5.74) is 0.971. The molecule has 4 nitrogen and oxygen atoms in total. The predicted molar refractivity (Wildman–Crippen MR) is 77.7 cm³/mol. The summed E-state index contributed by atoms with van der Waals surface area (Å²) in [4.78, 5) is 10.6. The molecule has 0 saturated carbocycles. The van der Waals surface area contributed by atoms with Crippen molar-refractivity contribution in [2.24, 2.45) is 0 Å². The molecule has 0 heterocycles. The van der Waals surface area contributed by atoms with Gasteiger partial charge in [0.2, 0.25) is 0 Å². The van der Waals surface area contributed by atoms with Crippen LogP contribution in [0.25, 0.3) is 0 Å². The first-order chi connectivity index (χ1) is 8.11. The van der Waals surface area contributed by atoms with E-state index in [-0.39, 0.29) is 6.04 Å². The predicted octanol–water partition coefficient (Wildman–Crippen LogP) is 3.53. The minimum Gasteiger partial charge on any atom is -0.465 e. The number of halogens is 2. The Hall–Kier alpha value is -0.180. The highest BCUT2D eigenvalue weighted by molar-refractivity contribution is 14.2. The second kappa shape index (κ2) is 8.02. The quantitative estimate of drug-likeness (QED) is 0.579. The van der Waals surface area contributed by atoms with Gasteiger partial charge in [0.05, 0.1) is 21.9 Å². The molecule has 0 spiro atoms. The van der Waals surface area contributed by atoms with Crippen LogP contribution in [0.5, 0.6) is 0 Å². The van der Waals surface area contributed by atoms with Gasteiger partial charge >= 0.3 is 6.09 Å². The Morgan fingerprint density at radius 2 is 2.41 bits per heavy atom. The second-order valence-electron chi connectivity index (χ2n) is 3.33. The Kier molecular flexibility index (Phi) is 7.02. The minimum absolute atomic E-state index is 0.284. The van der Waals surface area contributed by atoms with E-state index in [4.69, 9.17) is 20.9 Å². The summed E-state index contributed by atoms with van der Waals surface area (Å²) in [6.07, 6.45) is -0.511. The Balaban J connectivity index is 2.61. The van der Waals surface area contributed by atoms with Crippen LogP contribution in [0.1, 0.15) is 5.56 Å². The summed E-state index contributed by atoms with van der Waals surface area (Å²) in [6, 6.07) is 7.05. The van der Waals surface area contributed by atoms with Crippen molar-refractivity contribution >= 4 is 48.1 Å². The van der Waals surface area contributed by atoms with E-state index < -0.39 is 6.09 Å². The fourth-order valence-electron chi connectivity index (χ4n) is 1.38. The van der Waals surface area contributed by atoms with Crippen LogP contribution in [0.15, 0.2) is 24.3 Å². The fourth-order valence-corrected chi connectivity index (χ4v) is 2.25. The van der Waals surface area contributed by atoms with Gasteiger partial charge in [0.15, 0.2) is 0 Å². The lowest BCUT2D eigenvalue weighted by Gasteiger charge is -2.15. The van der Waals surface area contributed by atoms with Gasteiger partial charge in [0.25, 0.3) is 0 Å². The number of nitrogens with one attached hydrogen (secondary N) is 1. The summed E-state index contributed by atoms with van der Waals surface area (Å²) in [6.45, 7) is 0.312. The topological polar surface area (TPSA) is 58.6 Å². The monoisotopic (exact) mass is 387 g/mol. The number of benzene rings is 1. The third-order valence-electron chi connectivity index (χ3n) is 2.01. The Morgan fingerprint density at radius 3 is 3.00 bits per heavy atom.